The van der Waals surface area contributed by atoms with Crippen LogP contribution in [0.3, 0.4) is 0 Å². The summed E-state index contributed by atoms with van der Waals surface area (Å²) >= 11 is 0. The van der Waals surface area contributed by atoms with Crippen LogP contribution in [0.2, 0.25) is 0 Å². The number of hydrogen-bond acceptors (Lipinski definition) is 3. The van der Waals surface area contributed by atoms with Crippen LogP contribution in [-0.4, -0.2) is 23.2 Å². The summed E-state index contributed by atoms with van der Waals surface area (Å²) in [5, 5.41) is 13.8. The van der Waals surface area contributed by atoms with Gasteiger partial charge in [-0.3, -0.25) is 0 Å². The molecule has 0 spiro atoms. The summed E-state index contributed by atoms with van der Waals surface area (Å²) in [4.78, 5) is 4.35. The van der Waals surface area contributed by atoms with E-state index >= 15 is 0 Å². The van der Waals surface area contributed by atoms with Crippen molar-refractivity contribution in [2.24, 2.45) is 0 Å². The highest BCUT2D eigenvalue weighted by atomic mass is 19.4. The van der Waals surface area contributed by atoms with E-state index in [9.17, 15) is 31.4 Å². The topological polar surface area (TPSA) is 45.1 Å². The van der Waals surface area contributed by atoms with Gasteiger partial charge in [0.25, 0.3) is 0 Å². The summed E-state index contributed by atoms with van der Waals surface area (Å²) in [5.74, 6) is 0. The van der Waals surface area contributed by atoms with Crippen molar-refractivity contribution in [1.29, 1.82) is 0 Å². The third kappa shape index (κ3) is 6.57. The monoisotopic (exact) mass is 482 g/mol. The van der Waals surface area contributed by atoms with Crippen molar-refractivity contribution in [1.82, 2.24) is 10.3 Å². The van der Waals surface area contributed by atoms with E-state index in [2.05, 4.69) is 10.3 Å². The molecule has 3 rings (SSSR count). The first-order valence-electron chi connectivity index (χ1n) is 10.7. The number of rotatable bonds is 8. The van der Waals surface area contributed by atoms with Crippen LogP contribution in [0, 0.1) is 0 Å². The van der Waals surface area contributed by atoms with Crippen molar-refractivity contribution in [3.63, 3.8) is 0 Å². The smallest absolute Gasteiger partial charge is 0.387 e. The SMILES string of the molecule is CCCCNCC(O)c1cc(-c2cccc(C(F)(F)F)c2)nc(-c2cccc(C(F)(F)F)c2)c1. The van der Waals surface area contributed by atoms with Crippen LogP contribution in [-0.2, 0) is 12.4 Å². The first-order valence-corrected chi connectivity index (χ1v) is 10.7. The lowest BCUT2D eigenvalue weighted by atomic mass is 9.99. The Hall–Kier alpha value is -2.91. The van der Waals surface area contributed by atoms with Gasteiger partial charge in [-0.2, -0.15) is 26.3 Å². The Morgan fingerprint density at radius 2 is 1.32 bits per heavy atom. The number of aliphatic hydroxyl groups excluding tert-OH is 1. The number of aliphatic hydroxyl groups is 1. The molecule has 0 aliphatic carbocycles. The Balaban J connectivity index is 2.08. The van der Waals surface area contributed by atoms with Crippen molar-refractivity contribution < 1.29 is 31.4 Å². The van der Waals surface area contributed by atoms with Crippen LogP contribution < -0.4 is 5.32 Å². The second-order valence-electron chi connectivity index (χ2n) is 7.90. The number of pyridine rings is 1. The zero-order valence-electron chi connectivity index (χ0n) is 18.3. The Morgan fingerprint density at radius 1 is 0.824 bits per heavy atom. The molecule has 0 saturated heterocycles. The lowest BCUT2D eigenvalue weighted by molar-refractivity contribution is -0.138. The molecule has 0 fully saturated rings. The molecule has 9 heteroatoms. The third-order valence-electron chi connectivity index (χ3n) is 5.25. The second kappa shape index (κ2) is 10.6. The summed E-state index contributed by atoms with van der Waals surface area (Å²) in [6.07, 6.45) is -8.32. The summed E-state index contributed by atoms with van der Waals surface area (Å²) in [7, 11) is 0. The van der Waals surface area contributed by atoms with Gasteiger partial charge in [0.1, 0.15) is 0 Å². The van der Waals surface area contributed by atoms with E-state index < -0.39 is 29.6 Å². The molecule has 182 valence electrons. The van der Waals surface area contributed by atoms with E-state index in [-0.39, 0.29) is 29.1 Å². The van der Waals surface area contributed by atoms with Gasteiger partial charge in [0.15, 0.2) is 0 Å². The molecule has 2 N–H and O–H groups in total. The highest BCUT2D eigenvalue weighted by molar-refractivity contribution is 5.68. The first kappa shape index (κ1) is 25.7. The molecule has 0 saturated carbocycles. The molecule has 1 unspecified atom stereocenters. The number of nitrogens with one attached hydrogen (secondary N) is 1. The Bertz CT molecular complexity index is 1040. The van der Waals surface area contributed by atoms with Crippen LogP contribution in [0.5, 0.6) is 0 Å². The third-order valence-corrected chi connectivity index (χ3v) is 5.25. The fourth-order valence-corrected chi connectivity index (χ4v) is 3.41. The minimum atomic E-state index is -4.57. The van der Waals surface area contributed by atoms with Crippen molar-refractivity contribution in [2.45, 2.75) is 38.2 Å². The number of benzene rings is 2. The van der Waals surface area contributed by atoms with Crippen LogP contribution in [0.15, 0.2) is 60.7 Å². The van der Waals surface area contributed by atoms with Crippen LogP contribution in [0.25, 0.3) is 22.5 Å². The normalized spacial score (nSPS) is 13.2. The first-order chi connectivity index (χ1) is 16.0. The maximum absolute atomic E-state index is 13.2. The van der Waals surface area contributed by atoms with Crippen molar-refractivity contribution in [3.8, 4) is 22.5 Å². The second-order valence-corrected chi connectivity index (χ2v) is 7.90. The predicted octanol–water partition coefficient (Wildman–Crippen LogP) is 6.88. The van der Waals surface area contributed by atoms with E-state index in [0.29, 0.717) is 12.1 Å². The standard InChI is InChI=1S/C25H24F6N2O/c1-2-3-10-32-15-23(34)18-13-21(16-6-4-8-19(11-16)24(26,27)28)33-22(14-18)17-7-5-9-20(12-17)25(29,30)31/h4-9,11-14,23,32,34H,2-3,10,15H2,1H3. The molecule has 0 aliphatic heterocycles. The fourth-order valence-electron chi connectivity index (χ4n) is 3.41. The van der Waals surface area contributed by atoms with E-state index in [1.54, 1.807) is 0 Å². The maximum Gasteiger partial charge on any atom is 0.416 e. The molecule has 34 heavy (non-hydrogen) atoms. The largest absolute Gasteiger partial charge is 0.416 e. The highest BCUT2D eigenvalue weighted by Gasteiger charge is 2.31. The van der Waals surface area contributed by atoms with Gasteiger partial charge in [-0.25, -0.2) is 4.98 Å². The zero-order chi connectivity index (χ0) is 24.9. The fraction of sp³-hybridized carbons (Fsp3) is 0.320. The number of unbranched alkanes of at least 4 members (excludes halogenated alkanes) is 1. The molecule has 0 bridgehead atoms. The van der Waals surface area contributed by atoms with Crippen LogP contribution in [0.4, 0.5) is 26.3 Å². The Morgan fingerprint density at radius 3 is 1.76 bits per heavy atom. The highest BCUT2D eigenvalue weighted by Crippen LogP contribution is 2.35. The average molecular weight is 482 g/mol. The molecule has 3 aromatic rings. The molecular formula is C25H24F6N2O. The van der Waals surface area contributed by atoms with Gasteiger partial charge in [0.05, 0.1) is 28.6 Å². The van der Waals surface area contributed by atoms with E-state index in [4.69, 9.17) is 0 Å². The zero-order valence-corrected chi connectivity index (χ0v) is 18.3. The average Bonchev–Trinajstić information content (AvgIpc) is 2.80. The molecule has 0 aliphatic rings. The van der Waals surface area contributed by atoms with Gasteiger partial charge >= 0.3 is 12.4 Å². The lowest BCUT2D eigenvalue weighted by Gasteiger charge is -2.16. The van der Waals surface area contributed by atoms with E-state index in [0.717, 1.165) is 37.1 Å². The van der Waals surface area contributed by atoms with Crippen molar-refractivity contribution >= 4 is 0 Å². The van der Waals surface area contributed by atoms with Gasteiger partial charge in [-0.1, -0.05) is 37.6 Å². The van der Waals surface area contributed by atoms with Crippen LogP contribution >= 0.6 is 0 Å². The number of hydrogen-bond donors (Lipinski definition) is 2. The molecule has 1 heterocycles. The number of nitrogens with zero attached hydrogens (tertiary/aromatic N) is 1. The quantitative estimate of drug-likeness (QED) is 0.272. The molecule has 0 amide bonds. The summed E-state index contributed by atoms with van der Waals surface area (Å²) < 4.78 is 79.3. The number of alkyl halides is 6. The molecular weight excluding hydrogens is 458 g/mol. The summed E-state index contributed by atoms with van der Waals surface area (Å²) in [6.45, 7) is 2.86. The lowest BCUT2D eigenvalue weighted by Crippen LogP contribution is -2.22. The molecule has 0 radical (unpaired) electrons. The Labute approximate surface area is 193 Å². The van der Waals surface area contributed by atoms with Gasteiger partial charge in [-0.05, 0) is 54.9 Å². The minimum absolute atomic E-state index is 0.114. The van der Waals surface area contributed by atoms with Crippen molar-refractivity contribution in [2.75, 3.05) is 13.1 Å². The number of halogens is 6. The maximum atomic E-state index is 13.2. The van der Waals surface area contributed by atoms with Crippen molar-refractivity contribution in [3.05, 3.63) is 77.4 Å². The van der Waals surface area contributed by atoms with E-state index in [1.165, 1.54) is 36.4 Å². The molecule has 2 aromatic carbocycles. The summed E-state index contributed by atoms with van der Waals surface area (Å²) in [5.41, 5.74) is -0.919. The van der Waals surface area contributed by atoms with E-state index in [1.807, 2.05) is 6.92 Å². The summed E-state index contributed by atoms with van der Waals surface area (Å²) in [6, 6.07) is 11.9. The predicted molar refractivity (Wildman–Crippen MR) is 118 cm³/mol. The minimum Gasteiger partial charge on any atom is -0.387 e. The number of aromatic nitrogens is 1. The van der Waals surface area contributed by atoms with Gasteiger partial charge in [0.2, 0.25) is 0 Å². The van der Waals surface area contributed by atoms with Gasteiger partial charge in [0, 0.05) is 17.7 Å². The Kier molecular flexibility index (Phi) is 7.99. The van der Waals surface area contributed by atoms with Gasteiger partial charge < -0.3 is 10.4 Å². The molecule has 3 nitrogen and oxygen atoms in total. The van der Waals surface area contributed by atoms with Crippen LogP contribution in [0.1, 0.15) is 42.6 Å². The van der Waals surface area contributed by atoms with Gasteiger partial charge in [-0.15, -0.1) is 0 Å². The molecule has 1 atom stereocenters. The molecule has 1 aromatic heterocycles.